The Hall–Kier alpha value is -2.04. The van der Waals surface area contributed by atoms with E-state index >= 15 is 0 Å². The lowest BCUT2D eigenvalue weighted by atomic mass is 10.1. The average Bonchev–Trinajstić information content (AvgIpc) is 2.01. The van der Waals surface area contributed by atoms with E-state index in [1.54, 1.807) is 0 Å². The smallest absolute Gasteiger partial charge is 0.337 e. The first kappa shape index (κ1) is 10.0. The summed E-state index contributed by atoms with van der Waals surface area (Å²) in [6.07, 6.45) is 0. The molecule has 0 atom stereocenters. The molecule has 0 radical (unpaired) electrons. The summed E-state index contributed by atoms with van der Waals surface area (Å²) in [4.78, 5) is 21.5. The minimum Gasteiger partial charge on any atom is -0.478 e. The van der Waals surface area contributed by atoms with Gasteiger partial charge in [-0.15, -0.1) is 0 Å². The number of carbonyl (C=O) groups excluding carboxylic acids is 1. The lowest BCUT2D eigenvalue weighted by Gasteiger charge is -2.06. The predicted octanol–water partition coefficient (Wildman–Crippen LogP) is 0.925. The summed E-state index contributed by atoms with van der Waals surface area (Å²) < 4.78 is 0. The molecule has 5 heteroatoms. The number of anilines is 2. The molecule has 0 aliphatic rings. The monoisotopic (exact) mass is 194 g/mol. The van der Waals surface area contributed by atoms with Crippen LogP contribution in [0.15, 0.2) is 18.2 Å². The van der Waals surface area contributed by atoms with Gasteiger partial charge in [-0.25, -0.2) is 4.79 Å². The number of aromatic carboxylic acids is 1. The third kappa shape index (κ3) is 2.22. The summed E-state index contributed by atoms with van der Waals surface area (Å²) in [5.74, 6) is -1.44. The van der Waals surface area contributed by atoms with Crippen molar-refractivity contribution in [3.63, 3.8) is 0 Å². The highest BCUT2D eigenvalue weighted by atomic mass is 16.4. The third-order valence-electron chi connectivity index (χ3n) is 1.58. The van der Waals surface area contributed by atoms with Crippen molar-refractivity contribution in [2.75, 3.05) is 11.1 Å². The van der Waals surface area contributed by atoms with Crippen molar-refractivity contribution in [2.45, 2.75) is 6.92 Å². The zero-order valence-electron chi connectivity index (χ0n) is 7.57. The Balaban J connectivity index is 3.15. The molecule has 0 aromatic heterocycles. The van der Waals surface area contributed by atoms with E-state index in [0.717, 1.165) is 0 Å². The predicted molar refractivity (Wildman–Crippen MR) is 52.1 cm³/mol. The highest BCUT2D eigenvalue weighted by molar-refractivity contribution is 6.00. The van der Waals surface area contributed by atoms with Crippen LogP contribution < -0.4 is 11.1 Å². The second-order valence-electron chi connectivity index (χ2n) is 2.79. The quantitative estimate of drug-likeness (QED) is 0.610. The molecule has 0 bridgehead atoms. The zero-order chi connectivity index (χ0) is 10.7. The molecule has 4 N–H and O–H groups in total. The molecule has 0 saturated carbocycles. The second kappa shape index (κ2) is 3.78. The normalized spacial score (nSPS) is 9.50. The van der Waals surface area contributed by atoms with Crippen molar-refractivity contribution in [2.24, 2.45) is 0 Å². The van der Waals surface area contributed by atoms with Gasteiger partial charge in [0.05, 0.1) is 11.3 Å². The van der Waals surface area contributed by atoms with Gasteiger partial charge >= 0.3 is 5.97 Å². The van der Waals surface area contributed by atoms with E-state index in [4.69, 9.17) is 10.8 Å². The Morgan fingerprint density at radius 3 is 2.57 bits per heavy atom. The molecule has 0 heterocycles. The number of rotatable bonds is 2. The summed E-state index contributed by atoms with van der Waals surface area (Å²) in [7, 11) is 0. The van der Waals surface area contributed by atoms with Gasteiger partial charge in [-0.2, -0.15) is 0 Å². The van der Waals surface area contributed by atoms with Gasteiger partial charge in [0, 0.05) is 12.6 Å². The lowest BCUT2D eigenvalue weighted by Crippen LogP contribution is -2.11. The molecule has 0 spiro atoms. The molecule has 1 amide bonds. The molecule has 0 unspecified atom stereocenters. The van der Waals surface area contributed by atoms with Crippen LogP contribution in [0.4, 0.5) is 11.4 Å². The molecule has 0 fully saturated rings. The number of hydrogen-bond acceptors (Lipinski definition) is 3. The first-order chi connectivity index (χ1) is 6.50. The van der Waals surface area contributed by atoms with E-state index in [1.165, 1.54) is 25.1 Å². The zero-order valence-corrected chi connectivity index (χ0v) is 7.57. The summed E-state index contributed by atoms with van der Waals surface area (Å²) in [5.41, 5.74) is 6.10. The van der Waals surface area contributed by atoms with Crippen LogP contribution in [0.1, 0.15) is 17.3 Å². The molecular weight excluding hydrogens is 184 g/mol. The number of amides is 1. The fraction of sp³-hybridized carbons (Fsp3) is 0.111. The molecule has 0 aliphatic carbocycles. The van der Waals surface area contributed by atoms with Gasteiger partial charge < -0.3 is 16.2 Å². The van der Waals surface area contributed by atoms with Crippen LogP contribution >= 0.6 is 0 Å². The standard InChI is InChI=1S/C9H10N2O3/c1-5(12)11-8-4-6(10)2-3-7(8)9(13)14/h2-4H,10H2,1H3,(H,11,12)(H,13,14). The molecular formula is C9H10N2O3. The van der Waals surface area contributed by atoms with Crippen LogP contribution in [-0.2, 0) is 4.79 Å². The molecule has 0 saturated heterocycles. The summed E-state index contributed by atoms with van der Waals surface area (Å²) in [6.45, 7) is 1.30. The highest BCUT2D eigenvalue weighted by Crippen LogP contribution is 2.19. The van der Waals surface area contributed by atoms with E-state index in [9.17, 15) is 9.59 Å². The molecule has 1 rings (SSSR count). The van der Waals surface area contributed by atoms with Crippen LogP contribution in [0.5, 0.6) is 0 Å². The Morgan fingerprint density at radius 2 is 2.07 bits per heavy atom. The summed E-state index contributed by atoms with van der Waals surface area (Å²) in [5, 5.41) is 11.2. The van der Waals surface area contributed by atoms with Crippen molar-refractivity contribution in [3.05, 3.63) is 23.8 Å². The average molecular weight is 194 g/mol. The Morgan fingerprint density at radius 1 is 1.43 bits per heavy atom. The third-order valence-corrected chi connectivity index (χ3v) is 1.58. The lowest BCUT2D eigenvalue weighted by molar-refractivity contribution is -0.114. The number of nitrogen functional groups attached to an aromatic ring is 1. The van der Waals surface area contributed by atoms with E-state index in [-0.39, 0.29) is 17.2 Å². The molecule has 1 aromatic carbocycles. The Kier molecular flexibility index (Phi) is 2.71. The van der Waals surface area contributed by atoms with Gasteiger partial charge in [0.1, 0.15) is 0 Å². The highest BCUT2D eigenvalue weighted by Gasteiger charge is 2.10. The molecule has 1 aromatic rings. The van der Waals surface area contributed by atoms with Gasteiger partial charge in [0.25, 0.3) is 0 Å². The van der Waals surface area contributed by atoms with E-state index in [1.807, 2.05) is 0 Å². The van der Waals surface area contributed by atoms with E-state index in [0.29, 0.717) is 5.69 Å². The molecule has 5 nitrogen and oxygen atoms in total. The van der Waals surface area contributed by atoms with E-state index in [2.05, 4.69) is 5.32 Å². The second-order valence-corrected chi connectivity index (χ2v) is 2.79. The number of benzene rings is 1. The number of carboxylic acids is 1. The van der Waals surface area contributed by atoms with Crippen molar-refractivity contribution in [1.82, 2.24) is 0 Å². The van der Waals surface area contributed by atoms with Gasteiger partial charge in [0.2, 0.25) is 5.91 Å². The van der Waals surface area contributed by atoms with Crippen LogP contribution in [0.3, 0.4) is 0 Å². The maximum atomic E-state index is 10.8. The SMILES string of the molecule is CC(=O)Nc1cc(N)ccc1C(=O)O. The van der Waals surface area contributed by atoms with Gasteiger partial charge in [-0.3, -0.25) is 4.79 Å². The molecule has 0 aliphatic heterocycles. The fourth-order valence-corrected chi connectivity index (χ4v) is 1.04. The summed E-state index contributed by atoms with van der Waals surface area (Å²) >= 11 is 0. The van der Waals surface area contributed by atoms with Gasteiger partial charge in [-0.05, 0) is 18.2 Å². The van der Waals surface area contributed by atoms with Crippen LogP contribution in [0, 0.1) is 0 Å². The first-order valence-electron chi connectivity index (χ1n) is 3.91. The van der Waals surface area contributed by atoms with Crippen molar-refractivity contribution < 1.29 is 14.7 Å². The molecule has 74 valence electrons. The van der Waals surface area contributed by atoms with Crippen molar-refractivity contribution in [3.8, 4) is 0 Å². The van der Waals surface area contributed by atoms with Gasteiger partial charge in [0.15, 0.2) is 0 Å². The largest absolute Gasteiger partial charge is 0.478 e. The number of carbonyl (C=O) groups is 2. The molecule has 14 heavy (non-hydrogen) atoms. The van der Waals surface area contributed by atoms with Crippen LogP contribution in [0.2, 0.25) is 0 Å². The van der Waals surface area contributed by atoms with Gasteiger partial charge in [-0.1, -0.05) is 0 Å². The summed E-state index contributed by atoms with van der Waals surface area (Å²) in [6, 6.07) is 4.22. The van der Waals surface area contributed by atoms with Crippen molar-refractivity contribution >= 4 is 23.3 Å². The maximum Gasteiger partial charge on any atom is 0.337 e. The minimum absolute atomic E-state index is 0.0226. The number of nitrogens with one attached hydrogen (secondary N) is 1. The minimum atomic E-state index is -1.10. The Bertz CT molecular complexity index is 388. The number of hydrogen-bond donors (Lipinski definition) is 3. The number of carboxylic acid groups (broad SMARTS) is 1. The van der Waals surface area contributed by atoms with E-state index < -0.39 is 5.97 Å². The number of nitrogens with two attached hydrogens (primary N) is 1. The fourth-order valence-electron chi connectivity index (χ4n) is 1.04. The van der Waals surface area contributed by atoms with Crippen LogP contribution in [0.25, 0.3) is 0 Å². The van der Waals surface area contributed by atoms with Crippen LogP contribution in [-0.4, -0.2) is 17.0 Å². The maximum absolute atomic E-state index is 10.8. The Labute approximate surface area is 80.5 Å². The topological polar surface area (TPSA) is 92.4 Å². The van der Waals surface area contributed by atoms with Crippen molar-refractivity contribution in [1.29, 1.82) is 0 Å². The first-order valence-corrected chi connectivity index (χ1v) is 3.91.